The van der Waals surface area contributed by atoms with E-state index in [2.05, 4.69) is 30.9 Å². The van der Waals surface area contributed by atoms with Crippen LogP contribution in [0.4, 0.5) is 13.2 Å². The van der Waals surface area contributed by atoms with Gasteiger partial charge in [0.1, 0.15) is 0 Å². The SMILES string of the molecule is CCC1CCCCC1c1c(C#Cc2cc(F)c(F)c(F)c2)ccc2ccccc12. The lowest BCUT2D eigenvalue weighted by atomic mass is 9.72. The Kier molecular flexibility index (Phi) is 5.62. The molecule has 1 aliphatic rings. The molecule has 0 aromatic heterocycles. The summed E-state index contributed by atoms with van der Waals surface area (Å²) in [7, 11) is 0. The Bertz CT molecular complexity index is 1080. The van der Waals surface area contributed by atoms with Crippen molar-refractivity contribution in [1.82, 2.24) is 0 Å². The molecular formula is C26H23F3. The lowest BCUT2D eigenvalue weighted by Crippen LogP contribution is -2.18. The van der Waals surface area contributed by atoms with E-state index in [4.69, 9.17) is 0 Å². The average Bonchev–Trinajstić information content (AvgIpc) is 2.75. The lowest BCUT2D eigenvalue weighted by Gasteiger charge is -2.32. The first kappa shape index (κ1) is 19.6. The molecule has 0 heterocycles. The zero-order chi connectivity index (χ0) is 20.4. The maximum Gasteiger partial charge on any atom is 0.194 e. The summed E-state index contributed by atoms with van der Waals surface area (Å²) in [6.45, 7) is 2.24. The molecule has 0 amide bonds. The van der Waals surface area contributed by atoms with Crippen molar-refractivity contribution in [3.05, 3.63) is 82.7 Å². The Balaban J connectivity index is 1.85. The average molecular weight is 392 g/mol. The molecule has 4 rings (SSSR count). The van der Waals surface area contributed by atoms with Crippen molar-refractivity contribution in [3.63, 3.8) is 0 Å². The fourth-order valence-electron chi connectivity index (χ4n) is 4.65. The molecule has 3 aromatic carbocycles. The van der Waals surface area contributed by atoms with Crippen molar-refractivity contribution in [1.29, 1.82) is 0 Å². The number of hydrogen-bond acceptors (Lipinski definition) is 0. The summed E-state index contributed by atoms with van der Waals surface area (Å²) in [6, 6.07) is 14.2. The Morgan fingerprint density at radius 2 is 1.62 bits per heavy atom. The van der Waals surface area contributed by atoms with E-state index >= 15 is 0 Å². The van der Waals surface area contributed by atoms with Crippen LogP contribution >= 0.6 is 0 Å². The minimum Gasteiger partial charge on any atom is -0.204 e. The van der Waals surface area contributed by atoms with Gasteiger partial charge in [0.15, 0.2) is 17.5 Å². The van der Waals surface area contributed by atoms with Crippen LogP contribution in [-0.2, 0) is 0 Å². The molecule has 0 nitrogen and oxygen atoms in total. The van der Waals surface area contributed by atoms with Crippen LogP contribution in [0, 0.1) is 35.2 Å². The standard InChI is InChI=1S/C26H23F3/c1-2-18-7-3-5-9-21(18)25-20(14-13-19-8-4-6-10-22(19)25)12-11-17-15-23(27)26(29)24(28)16-17/h4,6,8,10,13-16,18,21H,2-3,5,7,9H2,1H3. The third-order valence-corrected chi connectivity index (χ3v) is 6.10. The smallest absolute Gasteiger partial charge is 0.194 e. The molecule has 1 saturated carbocycles. The molecule has 2 unspecified atom stereocenters. The third kappa shape index (κ3) is 3.90. The van der Waals surface area contributed by atoms with Crippen LogP contribution < -0.4 is 0 Å². The number of benzene rings is 3. The molecule has 0 bridgehead atoms. The van der Waals surface area contributed by atoms with E-state index in [1.165, 1.54) is 35.6 Å². The van der Waals surface area contributed by atoms with Gasteiger partial charge >= 0.3 is 0 Å². The summed E-state index contributed by atoms with van der Waals surface area (Å²) in [5, 5.41) is 2.37. The van der Waals surface area contributed by atoms with Crippen LogP contribution in [0.2, 0.25) is 0 Å². The first-order valence-corrected chi connectivity index (χ1v) is 10.3. The Morgan fingerprint density at radius 3 is 2.38 bits per heavy atom. The lowest BCUT2D eigenvalue weighted by molar-refractivity contribution is 0.300. The summed E-state index contributed by atoms with van der Waals surface area (Å²) in [5.41, 5.74) is 2.26. The van der Waals surface area contributed by atoms with E-state index in [0.29, 0.717) is 11.8 Å². The van der Waals surface area contributed by atoms with Gasteiger partial charge in [-0.25, -0.2) is 13.2 Å². The monoisotopic (exact) mass is 392 g/mol. The molecule has 0 saturated heterocycles. The Morgan fingerprint density at radius 1 is 0.897 bits per heavy atom. The molecule has 0 radical (unpaired) electrons. The van der Waals surface area contributed by atoms with Crippen LogP contribution in [0.25, 0.3) is 10.8 Å². The van der Waals surface area contributed by atoms with Gasteiger partial charge in [-0.05, 0) is 59.2 Å². The minimum absolute atomic E-state index is 0.135. The maximum atomic E-state index is 13.6. The van der Waals surface area contributed by atoms with Crippen molar-refractivity contribution in [3.8, 4) is 11.8 Å². The van der Waals surface area contributed by atoms with Crippen LogP contribution in [0.15, 0.2) is 48.5 Å². The Hall–Kier alpha value is -2.73. The van der Waals surface area contributed by atoms with E-state index in [9.17, 15) is 13.2 Å². The zero-order valence-corrected chi connectivity index (χ0v) is 16.4. The van der Waals surface area contributed by atoms with Gasteiger partial charge in [0, 0.05) is 11.1 Å². The van der Waals surface area contributed by atoms with E-state index in [0.717, 1.165) is 30.5 Å². The van der Waals surface area contributed by atoms with Crippen LogP contribution in [0.3, 0.4) is 0 Å². The van der Waals surface area contributed by atoms with Crippen LogP contribution in [0.5, 0.6) is 0 Å². The fraction of sp³-hybridized carbons (Fsp3) is 0.308. The van der Waals surface area contributed by atoms with E-state index in [1.807, 2.05) is 24.3 Å². The second-order valence-corrected chi connectivity index (χ2v) is 7.81. The molecule has 0 spiro atoms. The first-order valence-electron chi connectivity index (χ1n) is 10.3. The molecule has 0 N–H and O–H groups in total. The van der Waals surface area contributed by atoms with Gasteiger partial charge in [-0.15, -0.1) is 0 Å². The number of hydrogen-bond donors (Lipinski definition) is 0. The zero-order valence-electron chi connectivity index (χ0n) is 16.4. The van der Waals surface area contributed by atoms with E-state index < -0.39 is 17.5 Å². The van der Waals surface area contributed by atoms with Crippen molar-refractivity contribution in [2.75, 3.05) is 0 Å². The highest BCUT2D eigenvalue weighted by atomic mass is 19.2. The number of halogens is 3. The van der Waals surface area contributed by atoms with Crippen molar-refractivity contribution in [2.45, 2.75) is 44.9 Å². The highest BCUT2D eigenvalue weighted by Gasteiger charge is 2.28. The predicted octanol–water partition coefficient (Wildman–Crippen LogP) is 7.34. The molecule has 148 valence electrons. The minimum atomic E-state index is -1.46. The topological polar surface area (TPSA) is 0 Å². The van der Waals surface area contributed by atoms with Gasteiger partial charge in [-0.3, -0.25) is 0 Å². The number of rotatable bonds is 2. The highest BCUT2D eigenvalue weighted by Crippen LogP contribution is 2.43. The summed E-state index contributed by atoms with van der Waals surface area (Å²) >= 11 is 0. The highest BCUT2D eigenvalue weighted by molar-refractivity contribution is 5.88. The first-order chi connectivity index (χ1) is 14.1. The second-order valence-electron chi connectivity index (χ2n) is 7.81. The van der Waals surface area contributed by atoms with Crippen LogP contribution in [0.1, 0.15) is 61.6 Å². The Labute approximate surface area is 169 Å². The van der Waals surface area contributed by atoms with Gasteiger partial charge in [0.05, 0.1) is 0 Å². The van der Waals surface area contributed by atoms with Gasteiger partial charge in [-0.1, -0.05) is 68.4 Å². The molecule has 1 aliphatic carbocycles. The third-order valence-electron chi connectivity index (χ3n) is 6.10. The molecule has 29 heavy (non-hydrogen) atoms. The second kappa shape index (κ2) is 8.33. The summed E-state index contributed by atoms with van der Waals surface area (Å²) < 4.78 is 40.4. The van der Waals surface area contributed by atoms with Crippen LogP contribution in [-0.4, -0.2) is 0 Å². The largest absolute Gasteiger partial charge is 0.204 e. The fourth-order valence-corrected chi connectivity index (χ4v) is 4.65. The maximum absolute atomic E-state index is 13.6. The van der Waals surface area contributed by atoms with E-state index in [-0.39, 0.29) is 5.56 Å². The normalized spacial score (nSPS) is 19.0. The summed E-state index contributed by atoms with van der Waals surface area (Å²) in [5.74, 6) is 3.12. The molecular weight excluding hydrogens is 369 g/mol. The quantitative estimate of drug-likeness (QED) is 0.316. The van der Waals surface area contributed by atoms with Crippen molar-refractivity contribution in [2.24, 2.45) is 5.92 Å². The van der Waals surface area contributed by atoms with Gasteiger partial charge in [-0.2, -0.15) is 0 Å². The molecule has 2 atom stereocenters. The summed E-state index contributed by atoms with van der Waals surface area (Å²) in [4.78, 5) is 0. The molecule has 0 aliphatic heterocycles. The van der Waals surface area contributed by atoms with Crippen molar-refractivity contribution >= 4 is 10.8 Å². The molecule has 3 aromatic rings. The summed E-state index contributed by atoms with van der Waals surface area (Å²) in [6.07, 6.45) is 5.92. The van der Waals surface area contributed by atoms with Crippen molar-refractivity contribution < 1.29 is 13.2 Å². The van der Waals surface area contributed by atoms with Gasteiger partial charge < -0.3 is 0 Å². The predicted molar refractivity (Wildman–Crippen MR) is 111 cm³/mol. The van der Waals surface area contributed by atoms with E-state index in [1.54, 1.807) is 0 Å². The van der Waals surface area contributed by atoms with Gasteiger partial charge in [0.2, 0.25) is 0 Å². The number of fused-ring (bicyclic) bond motifs is 1. The molecule has 3 heteroatoms. The molecule has 1 fully saturated rings. The van der Waals surface area contributed by atoms with Gasteiger partial charge in [0.25, 0.3) is 0 Å².